The fourth-order valence-electron chi connectivity index (χ4n) is 8.50. The van der Waals surface area contributed by atoms with Crippen molar-refractivity contribution in [3.63, 3.8) is 0 Å². The van der Waals surface area contributed by atoms with Gasteiger partial charge in [-0.2, -0.15) is 0 Å². The van der Waals surface area contributed by atoms with E-state index < -0.39 is 86.2 Å². The second kappa shape index (κ2) is 23.0. The van der Waals surface area contributed by atoms with Gasteiger partial charge in [0.05, 0.1) is 34.0 Å². The number of aromatic nitrogens is 6. The molecule has 0 unspecified atom stereocenters. The molecule has 14 nitrogen and oxygen atoms in total. The molecule has 378 valence electrons. The molecule has 0 saturated carbocycles. The van der Waals surface area contributed by atoms with Crippen LogP contribution in [0, 0.1) is 23.3 Å². The van der Waals surface area contributed by atoms with Gasteiger partial charge >= 0.3 is 0 Å². The highest BCUT2D eigenvalue weighted by Gasteiger charge is 2.28. The molecular formula is C51H54F4N8O6S2Si. The molecule has 0 fully saturated rings. The van der Waals surface area contributed by atoms with Crippen LogP contribution in [-0.2, 0) is 20.0 Å². The van der Waals surface area contributed by atoms with Gasteiger partial charge in [0, 0.05) is 103 Å². The summed E-state index contributed by atoms with van der Waals surface area (Å²) in [5.74, 6) is -7.27. The molecule has 8 rings (SSSR count). The molecular weight excluding hydrogens is 989 g/mol. The second-order valence-electron chi connectivity index (χ2n) is 17.7. The Kier molecular flexibility index (Phi) is 17.3. The van der Waals surface area contributed by atoms with Crippen LogP contribution in [0.25, 0.3) is 44.3 Å². The topological polar surface area (TPSA) is 210 Å². The van der Waals surface area contributed by atoms with Crippen LogP contribution in [0.1, 0.15) is 87.2 Å². The largest absolute Gasteiger partial charge is 0.345 e. The van der Waals surface area contributed by atoms with E-state index in [4.69, 9.17) is 0 Å². The van der Waals surface area contributed by atoms with Gasteiger partial charge in [-0.15, -0.1) is 0 Å². The number of hydrogen-bond donors (Lipinski definition) is 4. The summed E-state index contributed by atoms with van der Waals surface area (Å²) in [6.45, 7) is 17.1. The lowest BCUT2D eigenvalue weighted by atomic mass is 10.00. The molecule has 4 N–H and O–H groups in total. The number of nitrogens with zero attached hydrogens (tertiary/aromatic N) is 4. The summed E-state index contributed by atoms with van der Waals surface area (Å²) in [6, 6.07) is 14.0. The third kappa shape index (κ3) is 12.5. The van der Waals surface area contributed by atoms with Gasteiger partial charge in [-0.05, 0) is 62.4 Å². The van der Waals surface area contributed by atoms with Crippen molar-refractivity contribution in [1.29, 1.82) is 0 Å². The van der Waals surface area contributed by atoms with Crippen LogP contribution in [0.2, 0.25) is 16.6 Å². The first kappa shape index (κ1) is 54.2. The number of carbonyl (C=O) groups excluding carboxylic acids is 2. The monoisotopic (exact) mass is 1040 g/mol. The Balaban J connectivity index is 0.000000198. The summed E-state index contributed by atoms with van der Waals surface area (Å²) in [5.41, 5.74) is 3.77. The molecule has 0 amide bonds. The fraction of sp³-hybridized carbons (Fsp3) is 0.255. The fourth-order valence-corrected chi connectivity index (χ4v) is 14.4. The highest BCUT2D eigenvalue weighted by Crippen LogP contribution is 2.32. The number of sulfonamides is 2. The smallest absolute Gasteiger partial charge is 0.232 e. The summed E-state index contributed by atoms with van der Waals surface area (Å²) in [6.07, 6.45) is 12.3. The first-order valence-corrected chi connectivity index (χ1v) is 28.2. The Hall–Kier alpha value is -7.10. The Morgan fingerprint density at radius 2 is 0.944 bits per heavy atom. The van der Waals surface area contributed by atoms with Gasteiger partial charge < -0.3 is 9.97 Å². The van der Waals surface area contributed by atoms with Gasteiger partial charge in [-0.25, -0.2) is 44.4 Å². The van der Waals surface area contributed by atoms with Crippen LogP contribution in [0.5, 0.6) is 0 Å². The molecule has 0 aliphatic carbocycles. The number of benzene rings is 2. The molecule has 0 bridgehead atoms. The normalized spacial score (nSPS) is 11.7. The number of H-pyrrole nitrogens is 2. The van der Waals surface area contributed by atoms with E-state index in [2.05, 4.69) is 71.4 Å². The number of anilines is 2. The summed E-state index contributed by atoms with van der Waals surface area (Å²) in [4.78, 5) is 48.4. The van der Waals surface area contributed by atoms with E-state index in [1.807, 2.05) is 21.6 Å². The number of fused-ring (bicyclic) bond motifs is 2. The van der Waals surface area contributed by atoms with Crippen LogP contribution in [-0.4, -0.2) is 78.6 Å². The summed E-state index contributed by atoms with van der Waals surface area (Å²) in [5, 5.41) is 0.731. The maximum Gasteiger partial charge on any atom is 0.232 e. The number of pyridine rings is 4. The average Bonchev–Trinajstić information content (AvgIpc) is 3.98. The summed E-state index contributed by atoms with van der Waals surface area (Å²) in [7, 11) is -8.10. The Bertz CT molecular complexity index is 3230. The summed E-state index contributed by atoms with van der Waals surface area (Å²) < 4.78 is 110. The number of halogens is 4. The molecule has 0 saturated heterocycles. The molecule has 6 heterocycles. The van der Waals surface area contributed by atoms with Crippen molar-refractivity contribution in [2.75, 3.05) is 20.9 Å². The minimum Gasteiger partial charge on any atom is -0.345 e. The molecule has 0 atom stereocenters. The Labute approximate surface area is 416 Å². The number of ketones is 2. The Morgan fingerprint density at radius 3 is 1.25 bits per heavy atom. The van der Waals surface area contributed by atoms with Crippen molar-refractivity contribution in [3.8, 4) is 22.3 Å². The van der Waals surface area contributed by atoms with Gasteiger partial charge in [0.2, 0.25) is 31.6 Å². The highest BCUT2D eigenvalue weighted by molar-refractivity contribution is 7.92. The first-order valence-electron chi connectivity index (χ1n) is 22.9. The maximum absolute atomic E-state index is 15.0. The summed E-state index contributed by atoms with van der Waals surface area (Å²) >= 11 is 0. The molecule has 0 aliphatic rings. The Morgan fingerprint density at radius 1 is 0.569 bits per heavy atom. The van der Waals surface area contributed by atoms with E-state index in [1.165, 1.54) is 26.2 Å². The minimum absolute atomic E-state index is 0.00142. The molecule has 6 aromatic heterocycles. The van der Waals surface area contributed by atoms with Gasteiger partial charge in [0.25, 0.3) is 0 Å². The van der Waals surface area contributed by atoms with Crippen molar-refractivity contribution in [3.05, 3.63) is 156 Å². The minimum atomic E-state index is -3.82. The molecule has 0 spiro atoms. The van der Waals surface area contributed by atoms with E-state index in [1.54, 1.807) is 61.4 Å². The maximum atomic E-state index is 15.0. The van der Waals surface area contributed by atoms with Crippen LogP contribution in [0.4, 0.5) is 28.9 Å². The van der Waals surface area contributed by atoms with Gasteiger partial charge in [0.15, 0.2) is 11.6 Å². The molecule has 2 aromatic carbocycles. The van der Waals surface area contributed by atoms with E-state index in [-0.39, 0.29) is 22.6 Å². The van der Waals surface area contributed by atoms with Crippen molar-refractivity contribution < 1.29 is 44.0 Å². The standard InChI is InChI=1S/2C21H16F2N4O3S.C9H22Si/c2*1-2-31(29,30)27-17-6-5-16(22)18(19(17)23)20(28)15-11-26-21-14(15)8-13(10-25-21)12-4-3-7-24-9-12;1-7(2)10(8(3)4)9(5)6/h2*3-11,27H,2H2,1H3,(H,25,26);7-10H,1-6H3. The zero-order valence-corrected chi connectivity index (χ0v) is 43.5. The molecule has 0 radical (unpaired) electrons. The first-order chi connectivity index (χ1) is 34.1. The highest BCUT2D eigenvalue weighted by atomic mass is 32.2. The quantitative estimate of drug-likeness (QED) is 0.0434. The average molecular weight is 1040 g/mol. The zero-order chi connectivity index (χ0) is 52.7. The van der Waals surface area contributed by atoms with Crippen molar-refractivity contribution in [2.24, 2.45) is 0 Å². The zero-order valence-electron chi connectivity index (χ0n) is 40.7. The van der Waals surface area contributed by atoms with E-state index >= 15 is 0 Å². The third-order valence-electron chi connectivity index (χ3n) is 11.8. The number of nitrogens with one attached hydrogen (secondary N) is 4. The number of carbonyl (C=O) groups is 2. The number of aromatic amines is 2. The molecule has 72 heavy (non-hydrogen) atoms. The number of hydrogen-bond acceptors (Lipinski definition) is 10. The van der Waals surface area contributed by atoms with Gasteiger partial charge in [-0.3, -0.25) is 29.0 Å². The molecule has 0 aliphatic heterocycles. The SMILES string of the molecule is CC(C)[SiH](C(C)C)C(C)C.CCS(=O)(=O)Nc1ccc(F)c(C(=O)c2c[nH]c3ncc(-c4cccnc4)cc23)c1F.CCS(=O)(=O)Nc1ccc(F)c(C(=O)c2c[nH]c3ncc(-c4cccnc4)cc23)c1F. The van der Waals surface area contributed by atoms with E-state index in [9.17, 15) is 44.0 Å². The lowest BCUT2D eigenvalue weighted by Gasteiger charge is -2.26. The van der Waals surface area contributed by atoms with Crippen LogP contribution >= 0.6 is 0 Å². The van der Waals surface area contributed by atoms with Crippen molar-refractivity contribution in [2.45, 2.75) is 72.0 Å². The lowest BCUT2D eigenvalue weighted by molar-refractivity contribution is 0.102. The van der Waals surface area contributed by atoms with Gasteiger partial charge in [-0.1, -0.05) is 70.3 Å². The second-order valence-corrected chi connectivity index (χ2v) is 26.9. The van der Waals surface area contributed by atoms with E-state index in [0.29, 0.717) is 33.2 Å². The van der Waals surface area contributed by atoms with Crippen LogP contribution in [0.3, 0.4) is 0 Å². The number of rotatable bonds is 15. The van der Waals surface area contributed by atoms with Crippen LogP contribution in [0.15, 0.2) is 110 Å². The van der Waals surface area contributed by atoms with Gasteiger partial charge in [0.1, 0.15) is 22.9 Å². The van der Waals surface area contributed by atoms with Crippen molar-refractivity contribution >= 4 is 73.9 Å². The van der Waals surface area contributed by atoms with Crippen LogP contribution < -0.4 is 9.44 Å². The van der Waals surface area contributed by atoms with Crippen molar-refractivity contribution in [1.82, 2.24) is 29.9 Å². The third-order valence-corrected chi connectivity index (χ3v) is 19.0. The predicted octanol–water partition coefficient (Wildman–Crippen LogP) is 11.2. The molecule has 21 heteroatoms. The van der Waals surface area contributed by atoms with E-state index in [0.717, 1.165) is 52.0 Å². The molecule has 8 aromatic rings. The lowest BCUT2D eigenvalue weighted by Crippen LogP contribution is -2.24. The predicted molar refractivity (Wildman–Crippen MR) is 277 cm³/mol.